The molecule has 59 heavy (non-hydrogen) atoms. The van der Waals surface area contributed by atoms with Gasteiger partial charge in [0.1, 0.15) is 0 Å². The van der Waals surface area contributed by atoms with E-state index >= 15 is 0 Å². The van der Waals surface area contributed by atoms with Crippen LogP contribution in [0.1, 0.15) is 85.7 Å². The van der Waals surface area contributed by atoms with Gasteiger partial charge in [-0.3, -0.25) is 0 Å². The van der Waals surface area contributed by atoms with Crippen LogP contribution in [0.5, 0.6) is 0 Å². The molecule has 346 valence electrons. The number of aromatic carboxylic acids is 1. The second-order valence-corrected chi connectivity index (χ2v) is 13.1. The third-order valence-electron chi connectivity index (χ3n) is 8.82. The van der Waals surface area contributed by atoms with Gasteiger partial charge in [-0.1, -0.05) is 31.7 Å². The lowest BCUT2D eigenvalue weighted by Gasteiger charge is -2.39. The Morgan fingerprint density at radius 2 is 0.661 bits per heavy atom. The summed E-state index contributed by atoms with van der Waals surface area (Å²) in [6, 6.07) is 3.19. The van der Waals surface area contributed by atoms with Crippen molar-refractivity contribution >= 4 is 5.97 Å². The highest BCUT2D eigenvalue weighted by molar-refractivity contribution is 5.87. The SMILES string of the molecule is O=C(O)c1ccc(CCCCCCC(F)(F)C(F)(F)C(F)(F)C(F)(F)C(F)(F)C(F)(F)F)c(CCCCCCC(F)(F)C(F)(F)C(F)(F)C(F)(F)C(F)(F)C(F)(F)F)c1. The number of hydrogen-bond acceptors (Lipinski definition) is 1. The van der Waals surface area contributed by atoms with Crippen LogP contribution in [0.25, 0.3) is 0 Å². The first-order chi connectivity index (χ1) is 26.0. The molecule has 0 aromatic heterocycles. The number of aryl methyl sites for hydroxylation is 2. The molecule has 0 atom stereocenters. The molecule has 2 nitrogen and oxygen atoms in total. The molecule has 0 aliphatic carbocycles. The molecule has 0 unspecified atom stereocenters. The summed E-state index contributed by atoms with van der Waals surface area (Å²) in [5, 5.41) is 9.22. The van der Waals surface area contributed by atoms with Gasteiger partial charge in [0, 0.05) is 12.8 Å². The molecule has 0 spiro atoms. The number of rotatable bonds is 23. The second kappa shape index (κ2) is 17.3. The number of halogens is 26. The maximum Gasteiger partial charge on any atom is 0.460 e. The Morgan fingerprint density at radius 1 is 0.373 bits per heavy atom. The lowest BCUT2D eigenvalue weighted by atomic mass is 9.91. The Hall–Kier alpha value is -3.13. The lowest BCUT2D eigenvalue weighted by Crippen LogP contribution is -2.70. The quantitative estimate of drug-likeness (QED) is 0.0877. The predicted octanol–water partition coefficient (Wildman–Crippen LogP) is 13.8. The molecule has 1 rings (SSSR count). The topological polar surface area (TPSA) is 37.3 Å². The van der Waals surface area contributed by atoms with Gasteiger partial charge in [0.25, 0.3) is 0 Å². The Balaban J connectivity index is 2.89. The van der Waals surface area contributed by atoms with Crippen LogP contribution in [0.15, 0.2) is 18.2 Å². The molecule has 0 radical (unpaired) electrons. The normalized spacial score (nSPS) is 15.2. The van der Waals surface area contributed by atoms with E-state index in [1.54, 1.807) is 0 Å². The Morgan fingerprint density at radius 3 is 0.966 bits per heavy atom. The highest BCUT2D eigenvalue weighted by Crippen LogP contribution is 2.62. The van der Waals surface area contributed by atoms with Crippen LogP contribution >= 0.6 is 0 Å². The number of unbranched alkanes of at least 4 members (excludes halogenated alkanes) is 6. The Bertz CT molecular complexity index is 1560. The summed E-state index contributed by atoms with van der Waals surface area (Å²) in [5.74, 6) is -76.7. The van der Waals surface area contributed by atoms with Crippen molar-refractivity contribution in [1.29, 1.82) is 0 Å². The highest BCUT2D eigenvalue weighted by Gasteiger charge is 2.92. The molecule has 0 amide bonds. The van der Waals surface area contributed by atoms with Crippen molar-refractivity contribution in [2.45, 2.75) is 149 Å². The van der Waals surface area contributed by atoms with Gasteiger partial charge >= 0.3 is 77.5 Å². The summed E-state index contributed by atoms with van der Waals surface area (Å²) < 4.78 is 345. The van der Waals surface area contributed by atoms with Crippen LogP contribution in [0.3, 0.4) is 0 Å². The van der Waals surface area contributed by atoms with E-state index in [4.69, 9.17) is 0 Å². The minimum atomic E-state index is -8.06. The van der Waals surface area contributed by atoms with Crippen molar-refractivity contribution in [1.82, 2.24) is 0 Å². The minimum absolute atomic E-state index is 0.124. The third-order valence-corrected chi connectivity index (χ3v) is 8.82. The first kappa shape index (κ1) is 53.9. The molecule has 0 saturated heterocycles. The fraction of sp³-hybridized carbons (Fsp3) is 0.774. The smallest absolute Gasteiger partial charge is 0.460 e. The summed E-state index contributed by atoms with van der Waals surface area (Å²) in [4.78, 5) is 11.4. The summed E-state index contributed by atoms with van der Waals surface area (Å²) in [6.45, 7) is 0. The van der Waals surface area contributed by atoms with E-state index in [1.807, 2.05) is 0 Å². The van der Waals surface area contributed by atoms with Crippen LogP contribution in [0.4, 0.5) is 114 Å². The molecule has 0 aliphatic heterocycles. The average molecular weight is 927 g/mol. The molecule has 0 aliphatic rings. The molecule has 0 bridgehead atoms. The maximum atomic E-state index is 14.0. The van der Waals surface area contributed by atoms with Crippen molar-refractivity contribution in [3.8, 4) is 0 Å². The third kappa shape index (κ3) is 10.00. The van der Waals surface area contributed by atoms with Gasteiger partial charge in [-0.2, -0.15) is 114 Å². The van der Waals surface area contributed by atoms with Crippen molar-refractivity contribution in [2.75, 3.05) is 0 Å². The first-order valence-electron chi connectivity index (χ1n) is 16.2. The van der Waals surface area contributed by atoms with Crippen LogP contribution < -0.4 is 0 Å². The van der Waals surface area contributed by atoms with E-state index < -0.39 is 122 Å². The van der Waals surface area contributed by atoms with Gasteiger partial charge in [0.15, 0.2) is 0 Å². The fourth-order valence-electron chi connectivity index (χ4n) is 5.19. The fourth-order valence-corrected chi connectivity index (χ4v) is 5.19. The summed E-state index contributed by atoms with van der Waals surface area (Å²) in [6.07, 6.45) is -25.0. The summed E-state index contributed by atoms with van der Waals surface area (Å²) in [5.41, 5.74) is -0.0402. The van der Waals surface area contributed by atoms with Crippen molar-refractivity contribution in [3.63, 3.8) is 0 Å². The number of carboxylic acids is 1. The zero-order valence-electron chi connectivity index (χ0n) is 28.9. The van der Waals surface area contributed by atoms with E-state index in [2.05, 4.69) is 0 Å². The zero-order valence-corrected chi connectivity index (χ0v) is 28.9. The highest BCUT2D eigenvalue weighted by atomic mass is 19.4. The predicted molar refractivity (Wildman–Crippen MR) is 149 cm³/mol. The summed E-state index contributed by atoms with van der Waals surface area (Å²) in [7, 11) is 0. The number of carbonyl (C=O) groups is 1. The second-order valence-electron chi connectivity index (χ2n) is 13.1. The standard InChI is InChI=1S/C31H28F26O2/c32-20(33,22(36,37)24(40,41)26(44,45)28(48,49)30(52,53)54)13-7-3-1-5-9-16-11-12-18(19(58)59)15-17(16)10-6-2-4-8-14-21(34,35)23(38,39)25(42,43)27(46,47)29(50,51)31(55,56)57/h11-12,15H,1-10,13-14H2,(H,58,59). The molecule has 1 N–H and O–H groups in total. The minimum Gasteiger partial charge on any atom is -0.478 e. The van der Waals surface area contributed by atoms with E-state index in [1.165, 1.54) is 0 Å². The monoisotopic (exact) mass is 926 g/mol. The lowest BCUT2D eigenvalue weighted by molar-refractivity contribution is -0.440. The van der Waals surface area contributed by atoms with Gasteiger partial charge in [-0.15, -0.1) is 0 Å². The molecular weight excluding hydrogens is 898 g/mol. The molecule has 28 heteroatoms. The molecule has 0 heterocycles. The maximum absolute atomic E-state index is 14.0. The van der Waals surface area contributed by atoms with Crippen molar-refractivity contribution in [2.24, 2.45) is 0 Å². The van der Waals surface area contributed by atoms with Gasteiger partial charge in [0.05, 0.1) is 5.56 Å². The number of hydrogen-bond donors (Lipinski definition) is 1. The van der Waals surface area contributed by atoms with Crippen LogP contribution in [0.2, 0.25) is 0 Å². The largest absolute Gasteiger partial charge is 0.478 e. The van der Waals surface area contributed by atoms with E-state index in [0.717, 1.165) is 18.2 Å². The zero-order chi connectivity index (χ0) is 46.9. The van der Waals surface area contributed by atoms with Crippen LogP contribution in [-0.4, -0.2) is 82.7 Å². The first-order valence-corrected chi connectivity index (χ1v) is 16.2. The van der Waals surface area contributed by atoms with Gasteiger partial charge in [-0.05, 0) is 61.8 Å². The van der Waals surface area contributed by atoms with Crippen molar-refractivity contribution in [3.05, 3.63) is 34.9 Å². The molecule has 0 saturated carbocycles. The van der Waals surface area contributed by atoms with Crippen molar-refractivity contribution < 1.29 is 124 Å². The van der Waals surface area contributed by atoms with Crippen LogP contribution in [0, 0.1) is 0 Å². The molecular formula is C31H28F26O2. The Kier molecular flexibility index (Phi) is 15.8. The van der Waals surface area contributed by atoms with E-state index in [0.29, 0.717) is 0 Å². The van der Waals surface area contributed by atoms with Gasteiger partial charge < -0.3 is 5.11 Å². The number of benzene rings is 1. The molecule has 0 fully saturated rings. The molecule has 1 aromatic rings. The van der Waals surface area contributed by atoms with Crippen LogP contribution in [-0.2, 0) is 12.8 Å². The summed E-state index contributed by atoms with van der Waals surface area (Å²) >= 11 is 0. The van der Waals surface area contributed by atoms with E-state index in [9.17, 15) is 124 Å². The number of alkyl halides is 26. The van der Waals surface area contributed by atoms with Gasteiger partial charge in [0.2, 0.25) is 0 Å². The molecule has 1 aromatic carbocycles. The Labute approximate surface area is 314 Å². The average Bonchev–Trinajstić information content (AvgIpc) is 3.06. The number of carboxylic acid groups (broad SMARTS) is 1. The van der Waals surface area contributed by atoms with Gasteiger partial charge in [-0.25, -0.2) is 4.79 Å². The van der Waals surface area contributed by atoms with E-state index in [-0.39, 0.29) is 49.7 Å².